The second-order valence-corrected chi connectivity index (χ2v) is 7.66. The molecule has 0 heterocycles. The van der Waals surface area contributed by atoms with E-state index in [1.54, 1.807) is 6.07 Å². The lowest BCUT2D eigenvalue weighted by molar-refractivity contribution is -0.432. The Hall–Kier alpha value is -2.52. The Morgan fingerprint density at radius 3 is 2.29 bits per heavy atom. The van der Waals surface area contributed by atoms with Gasteiger partial charge >= 0.3 is 0 Å². The van der Waals surface area contributed by atoms with Crippen molar-refractivity contribution in [1.29, 1.82) is 0 Å². The number of benzene rings is 3. The van der Waals surface area contributed by atoms with Crippen LogP contribution in [0.1, 0.15) is 27.0 Å². The van der Waals surface area contributed by atoms with E-state index in [9.17, 15) is 4.79 Å². The Labute approximate surface area is 186 Å². The van der Waals surface area contributed by atoms with Crippen molar-refractivity contribution < 1.29 is 24.2 Å². The van der Waals surface area contributed by atoms with Crippen molar-refractivity contribution in [3.63, 3.8) is 0 Å². The van der Waals surface area contributed by atoms with Gasteiger partial charge in [-0.3, -0.25) is 9.69 Å². The zero-order valence-electron chi connectivity index (χ0n) is 17.3. The predicted octanol–water partition coefficient (Wildman–Crippen LogP) is 4.08. The van der Waals surface area contributed by atoms with Crippen LogP contribution in [0.25, 0.3) is 0 Å². The van der Waals surface area contributed by atoms with Gasteiger partial charge in [0.25, 0.3) is 0 Å². The molecule has 0 amide bonds. The molecule has 0 saturated carbocycles. The number of hydrogen-bond donors (Lipinski definition) is 0. The van der Waals surface area contributed by atoms with Crippen LogP contribution in [0.4, 0.5) is 0 Å². The molecule has 0 aliphatic heterocycles. The lowest BCUT2D eigenvalue weighted by atomic mass is 9.89. The third-order valence-electron chi connectivity index (χ3n) is 4.98. The third-order valence-corrected chi connectivity index (χ3v) is 5.48. The van der Waals surface area contributed by atoms with Crippen molar-refractivity contribution in [3.05, 3.63) is 107 Å². The minimum Gasteiger partial charge on any atom is -0.351 e. The Balaban J connectivity index is 2.09. The van der Waals surface area contributed by atoms with E-state index in [0.717, 1.165) is 35.0 Å². The SMILES string of the molecule is CN(Cc1ccccc1)C(OCCSOO[OH2+])(c1ccccc1)c1ccccc1C=O. The average molecular weight is 441 g/mol. The van der Waals surface area contributed by atoms with E-state index >= 15 is 0 Å². The third kappa shape index (κ3) is 5.59. The summed E-state index contributed by atoms with van der Waals surface area (Å²) in [6.45, 7) is 0.900. The first-order chi connectivity index (χ1) is 15.2. The number of nitrogens with zero attached hydrogens (tertiary/aromatic N) is 1. The Kier molecular flexibility index (Phi) is 8.78. The van der Waals surface area contributed by atoms with Crippen LogP contribution in [0.15, 0.2) is 84.9 Å². The first-order valence-electron chi connectivity index (χ1n) is 9.83. The molecule has 162 valence electrons. The van der Waals surface area contributed by atoms with Gasteiger partial charge in [0.05, 0.1) is 11.6 Å². The van der Waals surface area contributed by atoms with Crippen LogP contribution in [0.2, 0.25) is 0 Å². The van der Waals surface area contributed by atoms with E-state index in [2.05, 4.69) is 26.4 Å². The molecule has 1 unspecified atom stereocenters. The fraction of sp³-hybridized carbons (Fsp3) is 0.208. The smallest absolute Gasteiger partial charge is 0.174 e. The highest BCUT2D eigenvalue weighted by Gasteiger charge is 2.41. The first-order valence-corrected chi connectivity index (χ1v) is 10.7. The molecule has 0 spiro atoms. The maximum atomic E-state index is 12.0. The molecule has 0 radical (unpaired) electrons. The number of carbonyl (C=O) groups excluding carboxylic acids is 1. The van der Waals surface area contributed by atoms with Crippen LogP contribution < -0.4 is 0 Å². The van der Waals surface area contributed by atoms with Gasteiger partial charge in [0, 0.05) is 41.0 Å². The zero-order valence-corrected chi connectivity index (χ0v) is 18.1. The molecule has 3 rings (SSSR count). The Bertz CT molecular complexity index is 941. The summed E-state index contributed by atoms with van der Waals surface area (Å²) in [6.07, 6.45) is 0.860. The molecule has 0 aromatic heterocycles. The van der Waals surface area contributed by atoms with Crippen molar-refractivity contribution in [3.8, 4) is 0 Å². The zero-order chi connectivity index (χ0) is 21.9. The number of aldehydes is 1. The number of ether oxygens (including phenoxy) is 1. The molecule has 1 atom stereocenters. The van der Waals surface area contributed by atoms with Crippen LogP contribution in [0, 0.1) is 0 Å². The van der Waals surface area contributed by atoms with Gasteiger partial charge in [0.15, 0.2) is 12.0 Å². The van der Waals surface area contributed by atoms with Crippen LogP contribution in [-0.4, -0.2) is 35.9 Å². The molecular formula is C24H26NO5S+. The Morgan fingerprint density at radius 1 is 0.968 bits per heavy atom. The maximum Gasteiger partial charge on any atom is 0.174 e. The minimum absolute atomic E-state index is 0.301. The summed E-state index contributed by atoms with van der Waals surface area (Å²) in [5.74, 6) is 0.440. The molecule has 3 aromatic rings. The topological polar surface area (TPSA) is 70.9 Å². The molecule has 0 saturated heterocycles. The molecule has 3 aromatic carbocycles. The highest BCUT2D eigenvalue weighted by atomic mass is 32.2. The highest BCUT2D eigenvalue weighted by molar-refractivity contribution is 7.94. The van der Waals surface area contributed by atoms with Gasteiger partial charge in [-0.1, -0.05) is 89.3 Å². The van der Waals surface area contributed by atoms with Gasteiger partial charge in [-0.15, -0.1) is 0 Å². The highest BCUT2D eigenvalue weighted by Crippen LogP contribution is 2.39. The van der Waals surface area contributed by atoms with Gasteiger partial charge in [-0.2, -0.15) is 0 Å². The largest absolute Gasteiger partial charge is 0.351 e. The standard InChI is InChI=1S/C24H25NO5S/c1-25(18-20-10-4-2-5-11-20)24(22-13-6-3-7-14-22,28-16-17-31-30-29-27)23-15-9-8-12-21(23)19-26/h2-15,19,27H,16-18H2,1H3/p+1. The van der Waals surface area contributed by atoms with Gasteiger partial charge < -0.3 is 4.74 Å². The molecule has 0 aliphatic carbocycles. The van der Waals surface area contributed by atoms with E-state index in [1.165, 1.54) is 0 Å². The summed E-state index contributed by atoms with van der Waals surface area (Å²) in [7, 11) is 1.98. The van der Waals surface area contributed by atoms with Gasteiger partial charge in [0.1, 0.15) is 0 Å². The first kappa shape index (κ1) is 23.1. The molecule has 7 heteroatoms. The van der Waals surface area contributed by atoms with Crippen LogP contribution in [-0.2, 0) is 26.4 Å². The van der Waals surface area contributed by atoms with Crippen molar-refractivity contribution in [1.82, 2.24) is 4.90 Å². The van der Waals surface area contributed by atoms with Crippen molar-refractivity contribution >= 4 is 18.3 Å². The van der Waals surface area contributed by atoms with E-state index in [-0.39, 0.29) is 0 Å². The average Bonchev–Trinajstić information content (AvgIpc) is 2.83. The van der Waals surface area contributed by atoms with Gasteiger partial charge in [0.2, 0.25) is 0 Å². The molecular weight excluding hydrogens is 414 g/mol. The fourth-order valence-corrected chi connectivity index (χ4v) is 3.94. The molecule has 2 N–H and O–H groups in total. The number of rotatable bonds is 12. The molecule has 0 bridgehead atoms. The summed E-state index contributed by atoms with van der Waals surface area (Å²) < 4.78 is 11.2. The fourth-order valence-electron chi connectivity index (χ4n) is 3.68. The molecule has 0 aliphatic rings. The molecule has 0 fully saturated rings. The lowest BCUT2D eigenvalue weighted by Gasteiger charge is -2.43. The maximum absolute atomic E-state index is 12.0. The monoisotopic (exact) mass is 440 g/mol. The molecule has 31 heavy (non-hydrogen) atoms. The van der Waals surface area contributed by atoms with Crippen molar-refractivity contribution in [2.75, 3.05) is 19.4 Å². The van der Waals surface area contributed by atoms with Crippen molar-refractivity contribution in [2.45, 2.75) is 12.3 Å². The van der Waals surface area contributed by atoms with Gasteiger partial charge in [-0.25, -0.2) is 5.26 Å². The second kappa shape index (κ2) is 11.8. The van der Waals surface area contributed by atoms with E-state index in [1.807, 2.05) is 73.8 Å². The van der Waals surface area contributed by atoms with Crippen molar-refractivity contribution in [2.24, 2.45) is 0 Å². The minimum atomic E-state index is -1.02. The van der Waals surface area contributed by atoms with E-state index in [0.29, 0.717) is 24.5 Å². The van der Waals surface area contributed by atoms with Gasteiger partial charge in [-0.05, 0) is 12.6 Å². The summed E-state index contributed by atoms with van der Waals surface area (Å²) >= 11 is 0.987. The summed E-state index contributed by atoms with van der Waals surface area (Å²) in [5, 5.41) is 10.6. The van der Waals surface area contributed by atoms with Crippen LogP contribution in [0.3, 0.4) is 0 Å². The second-order valence-electron chi connectivity index (χ2n) is 6.88. The van der Waals surface area contributed by atoms with E-state index < -0.39 is 5.72 Å². The summed E-state index contributed by atoms with van der Waals surface area (Å²) in [4.78, 5) is 14.1. The van der Waals surface area contributed by atoms with Crippen LogP contribution >= 0.6 is 12.0 Å². The lowest BCUT2D eigenvalue weighted by Crippen LogP contribution is -2.48. The quantitative estimate of drug-likeness (QED) is 0.0804. The number of hydrogen-bond acceptors (Lipinski definition) is 6. The predicted molar refractivity (Wildman–Crippen MR) is 121 cm³/mol. The molecule has 6 nitrogen and oxygen atoms in total. The summed E-state index contributed by atoms with van der Waals surface area (Å²) in [5.41, 5.74) is 2.34. The van der Waals surface area contributed by atoms with E-state index in [4.69, 9.17) is 9.99 Å². The van der Waals surface area contributed by atoms with Crippen LogP contribution in [0.5, 0.6) is 0 Å². The Morgan fingerprint density at radius 2 is 1.61 bits per heavy atom. The summed E-state index contributed by atoms with van der Waals surface area (Å²) in [6, 6.07) is 27.5. The normalized spacial score (nSPS) is 13.1. The number of carbonyl (C=O) groups is 1.